The molecule has 0 unspecified atom stereocenters. The average Bonchev–Trinajstić information content (AvgIpc) is 1.69. The number of amides is 1. The molecule has 1 aliphatic carbocycles. The predicted molar refractivity (Wildman–Crippen MR) is 396 cm³/mol. The summed E-state index contributed by atoms with van der Waals surface area (Å²) in [6, 6.07) is 53.0. The van der Waals surface area contributed by atoms with Crippen molar-refractivity contribution in [3.8, 4) is 55.6 Å². The fourth-order valence-electron chi connectivity index (χ4n) is 13.4. The summed E-state index contributed by atoms with van der Waals surface area (Å²) >= 11 is 0. The van der Waals surface area contributed by atoms with Crippen LogP contribution in [0.15, 0.2) is 152 Å². The maximum Gasteiger partial charge on any atom is 0.407 e. The van der Waals surface area contributed by atoms with Gasteiger partial charge in [-0.15, -0.1) is 0 Å². The third-order valence-electron chi connectivity index (χ3n) is 19.2. The fourth-order valence-corrected chi connectivity index (χ4v) is 13.4. The number of carbonyl (C=O) groups is 2. The molecule has 4 N–H and O–H groups in total. The summed E-state index contributed by atoms with van der Waals surface area (Å²) < 4.78 is 5.85. The number of rotatable bonds is 10. The highest BCUT2D eigenvalue weighted by Crippen LogP contribution is 2.47. The first-order valence-corrected chi connectivity index (χ1v) is 33.7. The monoisotopic (exact) mass is 1260 g/mol. The minimum atomic E-state index is -1.26. The molecular weight excluding hydrogens is 1170 g/mol. The number of aliphatic carboxylic acids is 1. The van der Waals surface area contributed by atoms with Crippen molar-refractivity contribution < 1.29 is 19.4 Å². The van der Waals surface area contributed by atoms with Gasteiger partial charge in [-0.2, -0.15) is 0 Å². The van der Waals surface area contributed by atoms with Crippen LogP contribution >= 0.6 is 0 Å². The van der Waals surface area contributed by atoms with Gasteiger partial charge in [0.25, 0.3) is 0 Å². The number of carboxylic acids is 1. The van der Waals surface area contributed by atoms with Crippen molar-refractivity contribution in [1.29, 1.82) is 0 Å². The Bertz CT molecular complexity index is 4560. The summed E-state index contributed by atoms with van der Waals surface area (Å²) in [5, 5.41) is 13.3. The molecule has 0 saturated heterocycles. The number of carboxylic acid groups (broad SMARTS) is 1. The Balaban J connectivity index is 1.08. The van der Waals surface area contributed by atoms with Gasteiger partial charge in [0.15, 0.2) is 0 Å². The van der Waals surface area contributed by atoms with E-state index in [1.54, 1.807) is 0 Å². The van der Waals surface area contributed by atoms with Crippen molar-refractivity contribution in [2.24, 2.45) is 0 Å². The molecule has 9 aromatic rings. The molecule has 8 bridgehead atoms. The molecular formula is C86H93N5O4. The minimum Gasteiger partial charge on any atom is -0.480 e. The lowest BCUT2D eigenvalue weighted by molar-refractivity contribution is -0.139. The Hall–Kier alpha value is -9.34. The van der Waals surface area contributed by atoms with Gasteiger partial charge in [0.05, 0.1) is 22.8 Å². The molecule has 2 aliphatic heterocycles. The number of aromatic nitrogens is 4. The number of hydrogen-bond acceptors (Lipinski definition) is 5. The van der Waals surface area contributed by atoms with Gasteiger partial charge in [-0.3, -0.25) is 0 Å². The zero-order valence-corrected chi connectivity index (χ0v) is 58.9. The Morgan fingerprint density at radius 2 is 0.726 bits per heavy atom. The van der Waals surface area contributed by atoms with E-state index in [1.165, 1.54) is 33.4 Å². The van der Waals surface area contributed by atoms with E-state index in [4.69, 9.17) is 14.7 Å². The highest BCUT2D eigenvalue weighted by atomic mass is 16.5. The van der Waals surface area contributed by atoms with Crippen molar-refractivity contribution in [2.45, 2.75) is 175 Å². The molecule has 9 heteroatoms. The highest BCUT2D eigenvalue weighted by molar-refractivity contribution is 6.00. The molecule has 1 amide bonds. The minimum absolute atomic E-state index is 0.0251. The molecule has 1 atom stereocenters. The van der Waals surface area contributed by atoms with Gasteiger partial charge in [-0.1, -0.05) is 252 Å². The van der Waals surface area contributed by atoms with Crippen LogP contribution in [0.3, 0.4) is 0 Å². The number of hydrogen-bond donors (Lipinski definition) is 4. The topological polar surface area (TPSA) is 133 Å². The van der Waals surface area contributed by atoms with Crippen molar-refractivity contribution in [2.75, 3.05) is 6.61 Å². The zero-order chi connectivity index (χ0) is 68.1. The molecule has 0 radical (unpaired) electrons. The number of ether oxygens (including phenoxy) is 1. The van der Waals surface area contributed by atoms with Crippen molar-refractivity contribution in [1.82, 2.24) is 25.3 Å². The number of aromatic amines is 2. The van der Waals surface area contributed by atoms with Crippen LogP contribution in [0.2, 0.25) is 0 Å². The Kier molecular flexibility index (Phi) is 16.7. The number of benzene rings is 6. The number of nitrogens with one attached hydrogen (secondary N) is 3. The second-order valence-corrected chi connectivity index (χ2v) is 32.7. The summed E-state index contributed by atoms with van der Waals surface area (Å²) in [5.41, 5.74) is 26.3. The summed E-state index contributed by atoms with van der Waals surface area (Å²) in [6.45, 7) is 41.2. The van der Waals surface area contributed by atoms with Crippen LogP contribution in [0.5, 0.6) is 0 Å². The van der Waals surface area contributed by atoms with Crippen LogP contribution in [0.4, 0.5) is 4.79 Å². The highest BCUT2D eigenvalue weighted by Gasteiger charge is 2.32. The largest absolute Gasteiger partial charge is 0.480 e. The van der Waals surface area contributed by atoms with Gasteiger partial charge in [-0.05, 0) is 165 Å². The van der Waals surface area contributed by atoms with Gasteiger partial charge in [0, 0.05) is 56.7 Å². The molecule has 5 heterocycles. The van der Waals surface area contributed by atoms with E-state index in [-0.39, 0.29) is 51.4 Å². The van der Waals surface area contributed by atoms with Crippen LogP contribution in [-0.2, 0) is 48.4 Å². The molecule has 95 heavy (non-hydrogen) atoms. The summed E-state index contributed by atoms with van der Waals surface area (Å²) in [4.78, 5) is 46.3. The third-order valence-corrected chi connectivity index (χ3v) is 19.2. The van der Waals surface area contributed by atoms with E-state index in [0.29, 0.717) is 0 Å². The van der Waals surface area contributed by atoms with Crippen LogP contribution in [-0.4, -0.2) is 49.8 Å². The fraction of sp³-hybridized carbons (Fsp3) is 0.326. The van der Waals surface area contributed by atoms with Crippen molar-refractivity contribution >= 4 is 58.4 Å². The van der Waals surface area contributed by atoms with Crippen molar-refractivity contribution in [3.63, 3.8) is 0 Å². The van der Waals surface area contributed by atoms with E-state index in [9.17, 15) is 14.7 Å². The maximum absolute atomic E-state index is 13.6. The predicted octanol–water partition coefficient (Wildman–Crippen LogP) is 21.6. The summed E-state index contributed by atoms with van der Waals surface area (Å²) in [6.07, 6.45) is 7.90. The molecule has 0 fully saturated rings. The first-order chi connectivity index (χ1) is 44.6. The number of fused-ring (bicyclic) bond motifs is 11. The van der Waals surface area contributed by atoms with Crippen LogP contribution in [0, 0.1) is 0 Å². The lowest BCUT2D eigenvalue weighted by Gasteiger charge is -2.26. The van der Waals surface area contributed by atoms with E-state index in [1.807, 2.05) is 48.5 Å². The van der Waals surface area contributed by atoms with Crippen LogP contribution in [0.25, 0.3) is 102 Å². The molecule has 486 valence electrons. The van der Waals surface area contributed by atoms with E-state index in [0.717, 1.165) is 117 Å². The standard InChI is InChI=1S/C86H93N5O4/c1-81(2,3)55-40-52(41-56(46-55)82(4,5)6)76-68-33-31-66(87-68)75(51-29-27-50(28-30-51)39-74(79(92)93)91-80(94)95-49-65-63-25-21-19-23-61(63)62-24-20-22-26-64(62)65)67-32-34-69(88-67)77(53-42-57(83(7,8)9)47-58(43-53)84(10,11)12)71-36-38-73(90-71)78(72-37-35-70(76)89-72)54-44-59(85(13,14)15)48-60(45-54)86(16,17)18/h19-38,40-48,65,74,87,90H,39,49H2,1-18H3,(H,91,94)(H,92,93)/t74-/m0/s1. The first kappa shape index (κ1) is 65.7. The quantitative estimate of drug-likeness (QED) is 0.108. The molecule has 6 aromatic carbocycles. The van der Waals surface area contributed by atoms with Gasteiger partial charge in [-0.25, -0.2) is 19.6 Å². The molecule has 9 nitrogen and oxygen atoms in total. The van der Waals surface area contributed by atoms with E-state index >= 15 is 0 Å². The zero-order valence-electron chi connectivity index (χ0n) is 58.9. The third kappa shape index (κ3) is 13.4. The molecule has 0 spiro atoms. The molecule has 0 saturated carbocycles. The Morgan fingerprint density at radius 3 is 1.03 bits per heavy atom. The van der Waals surface area contributed by atoms with Crippen LogP contribution in [0.1, 0.15) is 203 Å². The SMILES string of the molecule is CC(C)(C)c1cc(-c2c3nc(c(-c4cc(C(C)(C)C)cc(C(C)(C)C)c4)c4ccc([nH]4)c(-c4cc(C(C)(C)C)cc(C(C)(C)C)c4)c4nc(c(-c5ccc(C[C@H](NC(=O)OCC6c7ccccc7-c7ccccc76)C(=O)O)cc5)c5ccc2[nH]5)C=C4)C=C3)cc(C(C)(C)C)c1. The van der Waals surface area contributed by atoms with Gasteiger partial charge in [0.1, 0.15) is 12.6 Å². The molecule has 3 aromatic heterocycles. The van der Waals surface area contributed by atoms with E-state index < -0.39 is 18.1 Å². The van der Waals surface area contributed by atoms with Gasteiger partial charge >= 0.3 is 12.1 Å². The number of nitrogens with zero attached hydrogens (tertiary/aromatic N) is 2. The first-order valence-electron chi connectivity index (χ1n) is 33.7. The Morgan fingerprint density at radius 1 is 0.421 bits per heavy atom. The Labute approximate surface area is 562 Å². The summed E-state index contributed by atoms with van der Waals surface area (Å²) in [5.74, 6) is -1.33. The van der Waals surface area contributed by atoms with Gasteiger partial charge < -0.3 is 25.1 Å². The second kappa shape index (κ2) is 24.1. The maximum atomic E-state index is 13.6. The summed E-state index contributed by atoms with van der Waals surface area (Å²) in [7, 11) is 0. The number of H-pyrrole nitrogens is 2. The normalized spacial score (nSPS) is 13.8. The average molecular weight is 1260 g/mol. The molecule has 3 aliphatic rings. The smallest absolute Gasteiger partial charge is 0.407 e. The number of carbonyl (C=O) groups excluding carboxylic acids is 1. The molecule has 12 rings (SSSR count). The number of alkyl carbamates (subject to hydrolysis) is 1. The van der Waals surface area contributed by atoms with Crippen molar-refractivity contribution in [3.05, 3.63) is 225 Å². The van der Waals surface area contributed by atoms with E-state index in [2.05, 4.69) is 267 Å². The van der Waals surface area contributed by atoms with Crippen LogP contribution < -0.4 is 5.32 Å². The second-order valence-electron chi connectivity index (χ2n) is 32.7. The lowest BCUT2D eigenvalue weighted by Crippen LogP contribution is -2.42. The lowest BCUT2D eigenvalue weighted by atomic mass is 9.78. The van der Waals surface area contributed by atoms with Gasteiger partial charge in [0.2, 0.25) is 0 Å².